The average Bonchev–Trinajstić information content (AvgIpc) is 1.64. The van der Waals surface area contributed by atoms with Crippen molar-refractivity contribution in [2.45, 2.75) is 89.9 Å². The van der Waals surface area contributed by atoms with Gasteiger partial charge in [0.2, 0.25) is 0 Å². The molecule has 0 radical (unpaired) electrons. The summed E-state index contributed by atoms with van der Waals surface area (Å²) in [6.07, 6.45) is 15.6. The fraction of sp³-hybridized carbons (Fsp3) is 0.180. The Labute approximate surface area is 705 Å². The summed E-state index contributed by atoms with van der Waals surface area (Å²) in [7, 11) is 4.73. The van der Waals surface area contributed by atoms with Gasteiger partial charge >= 0.3 is 12.2 Å². The van der Waals surface area contributed by atoms with Crippen LogP contribution in [0, 0.1) is 0 Å². The van der Waals surface area contributed by atoms with E-state index in [0.717, 1.165) is 57.4 Å². The van der Waals surface area contributed by atoms with Gasteiger partial charge in [-0.15, -0.1) is 22.7 Å². The third kappa shape index (κ3) is 21.7. The molecule has 12 aromatic heterocycles. The molecule has 0 fully saturated rings. The monoisotopic (exact) mass is 1790 g/mol. The number of halogens is 3. The molecule has 0 aliphatic heterocycles. The standard InChI is InChI=1S/C24H22N2O4S.C20H19BrN2O4.C18H12N2O2S.C15H11BrN2O2.C7H5BrN2.5CH4/c1-24(2,3)30-23(28)26-14-19(21(27)15-7-9-17(29-4)10-8-15)18-12-16(13-25-22(18)26)20-6-5-11-31-20;1-20(2,3)27-19(25)23-11-16(15-9-13(21)10-22-18(15)23)17(24)12-5-7-14(26-4)8-6-12;21-13-5-3-11(4-6-13)17(22)15-10-20-18-14(15)8-12(9-19-18)16-2-1-7-23-16;1-20-11-4-2-9(3-5-11)14(19)13-8-18-15-12(13)6-10(16)7-17-15;8-6-3-5-1-2-9-7(5)10-4-6;;;;;/h5-14H,1-4H3;5-11H,1-4H3;1-10,21H,(H,19,20);2-8H,1H3,(H,17,18);1-4H,(H,9,10);5*1H4. The molecule has 16 aromatic rings. The lowest BCUT2D eigenvalue weighted by atomic mass is 10.0. The number of aromatic hydroxyl groups is 1. The number of hydrogen-bond acceptors (Lipinski definition) is 19. The Balaban J connectivity index is 0.000000204. The quantitative estimate of drug-likeness (QED) is 0.0780. The number of benzene rings is 4. The number of rotatable bonds is 13. The van der Waals surface area contributed by atoms with Crippen LogP contribution in [-0.4, -0.2) is 122 Å². The maximum absolute atomic E-state index is 13.3. The van der Waals surface area contributed by atoms with Crippen LogP contribution in [0.4, 0.5) is 9.59 Å². The Morgan fingerprint density at radius 1 is 0.405 bits per heavy atom. The zero-order valence-electron chi connectivity index (χ0n) is 61.0. The second-order valence-electron chi connectivity index (χ2n) is 26.6. The molecule has 0 unspecified atom stereocenters. The van der Waals surface area contributed by atoms with Crippen LogP contribution in [0.2, 0.25) is 0 Å². The first kappa shape index (κ1) is 91.2. The number of fused-ring (bicyclic) bond motifs is 5. The SMILES string of the molecule is Brc1cnc2[nH]ccc2c1.C.C.C.C.C.COc1ccc(C(=O)c2c[nH]c3ncc(Br)cc23)cc1.COc1ccc(C(=O)c2cn(C(=O)OC(C)(C)C)c3ncc(-c4cccs4)cc23)cc1.COc1ccc(C(=O)c2cn(C(=O)OC(C)(C)C)c3ncc(Br)cc23)cc1.O=C(c1ccc(O)cc1)c1c[nH]c2ncc(-c3cccs3)cc12. The van der Waals surface area contributed by atoms with E-state index in [1.807, 2.05) is 71.6 Å². The Kier molecular flexibility index (Phi) is 31.3. The van der Waals surface area contributed by atoms with Gasteiger partial charge in [0, 0.05) is 157 Å². The van der Waals surface area contributed by atoms with Gasteiger partial charge in [-0.1, -0.05) is 49.3 Å². The van der Waals surface area contributed by atoms with Crippen molar-refractivity contribution in [1.82, 2.24) is 49.0 Å². The number of carbonyl (C=O) groups is 6. The molecule has 116 heavy (non-hydrogen) atoms. The summed E-state index contributed by atoms with van der Waals surface area (Å²) in [6.45, 7) is 10.7. The lowest BCUT2D eigenvalue weighted by Gasteiger charge is -2.19. The van der Waals surface area contributed by atoms with Crippen LogP contribution < -0.4 is 14.2 Å². The molecular weight excluding hydrogens is 1700 g/mol. The van der Waals surface area contributed by atoms with E-state index in [1.54, 1.807) is 220 Å². The number of thiophene rings is 2. The molecule has 0 spiro atoms. The van der Waals surface area contributed by atoms with E-state index in [1.165, 1.54) is 33.7 Å². The third-order valence-corrected chi connectivity index (χ3v) is 19.7. The van der Waals surface area contributed by atoms with Crippen molar-refractivity contribution >= 4 is 161 Å². The number of H-pyrrole nitrogens is 3. The maximum atomic E-state index is 13.3. The molecule has 0 aliphatic carbocycles. The van der Waals surface area contributed by atoms with Crippen molar-refractivity contribution in [2.24, 2.45) is 0 Å². The largest absolute Gasteiger partial charge is 0.508 e. The van der Waals surface area contributed by atoms with E-state index < -0.39 is 23.4 Å². The van der Waals surface area contributed by atoms with Crippen molar-refractivity contribution < 1.29 is 57.6 Å². The fourth-order valence-electron chi connectivity index (χ4n) is 11.3. The lowest BCUT2D eigenvalue weighted by Crippen LogP contribution is -2.27. The number of aromatic amines is 3. The molecule has 22 nitrogen and oxygen atoms in total. The molecule has 600 valence electrons. The van der Waals surface area contributed by atoms with E-state index in [0.29, 0.717) is 93.8 Å². The summed E-state index contributed by atoms with van der Waals surface area (Å²) in [6, 6.07) is 46.5. The van der Waals surface area contributed by atoms with Crippen molar-refractivity contribution in [3.05, 3.63) is 288 Å². The van der Waals surface area contributed by atoms with E-state index in [9.17, 15) is 33.9 Å². The Hall–Kier alpha value is -12.0. The van der Waals surface area contributed by atoms with E-state index in [4.69, 9.17) is 23.7 Å². The van der Waals surface area contributed by atoms with Crippen LogP contribution in [0.15, 0.2) is 244 Å². The topological polar surface area (TPSA) is 290 Å². The van der Waals surface area contributed by atoms with Gasteiger partial charge in [0.25, 0.3) is 0 Å². The Morgan fingerprint density at radius 2 is 0.750 bits per heavy atom. The van der Waals surface area contributed by atoms with E-state index in [2.05, 4.69) is 87.7 Å². The van der Waals surface area contributed by atoms with Crippen LogP contribution in [0.5, 0.6) is 23.0 Å². The molecule has 0 amide bonds. The predicted octanol–water partition coefficient (Wildman–Crippen LogP) is 23.9. The van der Waals surface area contributed by atoms with Gasteiger partial charge in [0.1, 0.15) is 62.4 Å². The number of carbonyl (C=O) groups excluding carboxylic acids is 6. The number of hydrogen-bond donors (Lipinski definition) is 4. The molecule has 0 saturated heterocycles. The smallest absolute Gasteiger partial charge is 0.420 e. The summed E-state index contributed by atoms with van der Waals surface area (Å²) in [4.78, 5) is 110. The number of pyridine rings is 5. The minimum Gasteiger partial charge on any atom is -0.508 e. The molecule has 0 aliphatic rings. The molecule has 0 atom stereocenters. The van der Waals surface area contributed by atoms with Gasteiger partial charge in [-0.05, 0) is 246 Å². The van der Waals surface area contributed by atoms with Crippen LogP contribution in [0.1, 0.15) is 142 Å². The Morgan fingerprint density at radius 3 is 1.16 bits per heavy atom. The Bertz CT molecular complexity index is 6060. The molecule has 4 aromatic carbocycles. The average molecular weight is 1790 g/mol. The van der Waals surface area contributed by atoms with Gasteiger partial charge in [-0.2, -0.15) is 0 Å². The van der Waals surface area contributed by atoms with Gasteiger partial charge in [0.15, 0.2) is 23.1 Å². The van der Waals surface area contributed by atoms with Gasteiger partial charge in [-0.3, -0.25) is 19.2 Å². The molecular formula is C89H89Br3N10O12S2. The number of methoxy groups -OCH3 is 3. The van der Waals surface area contributed by atoms with Crippen LogP contribution in [-0.2, 0) is 9.47 Å². The van der Waals surface area contributed by atoms with Crippen molar-refractivity contribution in [1.29, 1.82) is 0 Å². The van der Waals surface area contributed by atoms with E-state index >= 15 is 0 Å². The second kappa shape index (κ2) is 39.8. The zero-order chi connectivity index (χ0) is 78.8. The maximum Gasteiger partial charge on any atom is 0.420 e. The summed E-state index contributed by atoms with van der Waals surface area (Å²) < 4.78 is 31.5. The van der Waals surface area contributed by atoms with Gasteiger partial charge in [0.05, 0.1) is 32.5 Å². The summed E-state index contributed by atoms with van der Waals surface area (Å²) in [5, 5.41) is 17.3. The van der Waals surface area contributed by atoms with Crippen molar-refractivity contribution in [2.75, 3.05) is 21.3 Å². The minimum atomic E-state index is -0.676. The molecule has 0 bridgehead atoms. The summed E-state index contributed by atoms with van der Waals surface area (Å²) in [5.41, 5.74) is 7.67. The number of aromatic nitrogens is 10. The molecule has 16 rings (SSSR count). The highest BCUT2D eigenvalue weighted by Gasteiger charge is 2.28. The minimum absolute atomic E-state index is 0. The number of ether oxygens (including phenoxy) is 5. The number of nitrogens with one attached hydrogen (secondary N) is 3. The highest BCUT2D eigenvalue weighted by molar-refractivity contribution is 9.11. The molecule has 0 saturated carbocycles. The summed E-state index contributed by atoms with van der Waals surface area (Å²) in [5.74, 6) is 1.62. The highest BCUT2D eigenvalue weighted by Crippen LogP contribution is 2.34. The first-order valence-corrected chi connectivity index (χ1v) is 38.2. The normalized spacial score (nSPS) is 10.7. The molecule has 4 N–H and O–H groups in total. The van der Waals surface area contributed by atoms with Crippen molar-refractivity contribution in [3.8, 4) is 43.9 Å². The molecule has 12 heterocycles. The number of phenols is 1. The predicted molar refractivity (Wildman–Crippen MR) is 475 cm³/mol. The van der Waals surface area contributed by atoms with Crippen molar-refractivity contribution in [3.63, 3.8) is 0 Å². The highest BCUT2D eigenvalue weighted by atomic mass is 79.9. The first-order valence-electron chi connectivity index (χ1n) is 34.0. The third-order valence-electron chi connectivity index (χ3n) is 16.6. The second-order valence-corrected chi connectivity index (χ2v) is 31.2. The van der Waals surface area contributed by atoms with Gasteiger partial charge in [-0.25, -0.2) is 43.6 Å². The zero-order valence-corrected chi connectivity index (χ0v) is 67.3. The summed E-state index contributed by atoms with van der Waals surface area (Å²) >= 11 is 13.3. The van der Waals surface area contributed by atoms with Crippen LogP contribution in [0.3, 0.4) is 0 Å². The van der Waals surface area contributed by atoms with Crippen LogP contribution in [0.25, 0.3) is 76.0 Å². The number of phenolic OH excluding ortho intramolecular Hbond substituents is 1. The van der Waals surface area contributed by atoms with Crippen LogP contribution >= 0.6 is 70.5 Å². The van der Waals surface area contributed by atoms with E-state index in [-0.39, 0.29) is 66.0 Å². The lowest BCUT2D eigenvalue weighted by molar-refractivity contribution is 0.0532. The number of nitrogens with zero attached hydrogens (tertiary/aromatic N) is 7. The first-order chi connectivity index (χ1) is 53.2. The molecule has 27 heteroatoms. The number of ketones is 4. The fourth-order valence-corrected chi connectivity index (χ4v) is 13.8. The van der Waals surface area contributed by atoms with Gasteiger partial charge < -0.3 is 43.7 Å².